The molecule has 0 bridgehead atoms. The van der Waals surface area contributed by atoms with Gasteiger partial charge in [0.15, 0.2) is 0 Å². The molecule has 2 fully saturated rings. The van der Waals surface area contributed by atoms with Crippen LogP contribution in [0, 0.1) is 0 Å². The fourth-order valence-corrected chi connectivity index (χ4v) is 3.21. The van der Waals surface area contributed by atoms with E-state index >= 15 is 0 Å². The minimum Gasteiger partial charge on any atom is -0.364 e. The van der Waals surface area contributed by atoms with E-state index in [-0.39, 0.29) is 42.9 Å². The Labute approximate surface area is 163 Å². The van der Waals surface area contributed by atoms with Crippen molar-refractivity contribution < 1.29 is 9.53 Å². The van der Waals surface area contributed by atoms with Crippen LogP contribution in [0.1, 0.15) is 12.8 Å². The summed E-state index contributed by atoms with van der Waals surface area (Å²) in [6, 6.07) is 3.98. The predicted molar refractivity (Wildman–Crippen MR) is 102 cm³/mol. The number of carbonyl (C=O) groups is 1. The quantitative estimate of drug-likeness (QED) is 0.774. The maximum Gasteiger partial charge on any atom is 0.251 e. The molecule has 1 aromatic heterocycles. The number of anilines is 1. The summed E-state index contributed by atoms with van der Waals surface area (Å²) in [5, 5.41) is 0. The molecule has 2 N–H and O–H groups in total. The van der Waals surface area contributed by atoms with Crippen molar-refractivity contribution in [3.63, 3.8) is 0 Å². The van der Waals surface area contributed by atoms with Crippen LogP contribution in [0.4, 0.5) is 5.82 Å². The lowest BCUT2D eigenvalue weighted by molar-refractivity contribution is -0.143. The Balaban J connectivity index is 0.00000144. The van der Waals surface area contributed by atoms with Gasteiger partial charge in [0, 0.05) is 43.4 Å². The van der Waals surface area contributed by atoms with Crippen LogP contribution in [0.5, 0.6) is 0 Å². The second-order valence-electron chi connectivity index (χ2n) is 5.71. The van der Waals surface area contributed by atoms with E-state index in [4.69, 9.17) is 10.5 Å². The van der Waals surface area contributed by atoms with Gasteiger partial charge in [-0.05, 0) is 40.9 Å². The number of carbonyl (C=O) groups excluding carboxylic acids is 1. The number of hydrogen-bond donors (Lipinski definition) is 1. The number of piperazine rings is 1. The number of nitrogens with zero attached hydrogens (tertiary/aromatic N) is 3. The molecule has 0 saturated carbocycles. The van der Waals surface area contributed by atoms with E-state index in [1.807, 2.05) is 17.0 Å². The second-order valence-corrected chi connectivity index (χ2v) is 6.62. The maximum absolute atomic E-state index is 12.5. The summed E-state index contributed by atoms with van der Waals surface area (Å²) in [5.41, 5.74) is 5.60. The molecular weight excluding hydrogens is 419 g/mol. The van der Waals surface area contributed by atoms with Crippen LogP contribution in [0.15, 0.2) is 22.8 Å². The standard InChI is InChI=1S/C15H21BrN4O2.2ClH/c16-11-1-4-14(18-10-11)19-5-7-20(8-6-19)15(21)13-3-2-12(9-17)22-13;;/h1,4,10,12-13H,2-3,5-9,17H2;2*1H/t12-,13+;;/m1../s1. The van der Waals surface area contributed by atoms with Crippen LogP contribution in [-0.4, -0.2) is 60.7 Å². The number of aromatic nitrogens is 1. The third kappa shape index (κ3) is 4.95. The van der Waals surface area contributed by atoms with Crippen LogP contribution >= 0.6 is 40.7 Å². The number of ether oxygens (including phenoxy) is 1. The molecule has 0 spiro atoms. The zero-order chi connectivity index (χ0) is 15.5. The van der Waals surface area contributed by atoms with Crippen molar-refractivity contribution in [1.29, 1.82) is 0 Å². The number of amides is 1. The molecule has 1 amide bonds. The van der Waals surface area contributed by atoms with Crippen LogP contribution in [-0.2, 0) is 9.53 Å². The molecule has 0 unspecified atom stereocenters. The Morgan fingerprint density at radius 1 is 1.25 bits per heavy atom. The third-order valence-electron chi connectivity index (χ3n) is 4.27. The Kier molecular flexibility index (Phi) is 8.73. The zero-order valence-electron chi connectivity index (χ0n) is 13.3. The van der Waals surface area contributed by atoms with Crippen molar-refractivity contribution >= 4 is 52.5 Å². The van der Waals surface area contributed by atoms with Crippen LogP contribution in [0.25, 0.3) is 0 Å². The molecule has 0 aliphatic carbocycles. The van der Waals surface area contributed by atoms with Gasteiger partial charge in [-0.25, -0.2) is 4.98 Å². The highest BCUT2D eigenvalue weighted by molar-refractivity contribution is 9.10. The lowest BCUT2D eigenvalue weighted by atomic mass is 10.1. The molecule has 9 heteroatoms. The minimum absolute atomic E-state index is 0. The molecule has 0 radical (unpaired) electrons. The Morgan fingerprint density at radius 2 is 1.96 bits per heavy atom. The SMILES string of the molecule is Cl.Cl.NC[C@H]1CC[C@@H](C(=O)N2CCN(c3ccc(Br)cn3)CC2)O1. The minimum atomic E-state index is -0.300. The highest BCUT2D eigenvalue weighted by Gasteiger charge is 2.34. The van der Waals surface area contributed by atoms with Crippen molar-refractivity contribution in [2.45, 2.75) is 25.0 Å². The van der Waals surface area contributed by atoms with Gasteiger partial charge in [-0.2, -0.15) is 0 Å². The van der Waals surface area contributed by atoms with Gasteiger partial charge in [-0.15, -0.1) is 24.8 Å². The van der Waals surface area contributed by atoms with Crippen LogP contribution in [0.2, 0.25) is 0 Å². The first-order chi connectivity index (χ1) is 10.7. The van der Waals surface area contributed by atoms with Gasteiger partial charge in [0.1, 0.15) is 11.9 Å². The summed E-state index contributed by atoms with van der Waals surface area (Å²) in [4.78, 5) is 21.0. The molecule has 136 valence electrons. The van der Waals surface area contributed by atoms with Crippen LogP contribution < -0.4 is 10.6 Å². The first kappa shape index (κ1) is 21.4. The van der Waals surface area contributed by atoms with Gasteiger partial charge < -0.3 is 20.3 Å². The van der Waals surface area contributed by atoms with Crippen molar-refractivity contribution in [2.24, 2.45) is 5.73 Å². The smallest absolute Gasteiger partial charge is 0.251 e. The summed E-state index contributed by atoms with van der Waals surface area (Å²) < 4.78 is 6.67. The number of pyridine rings is 1. The molecule has 2 atom stereocenters. The predicted octanol–water partition coefficient (Wildman–Crippen LogP) is 1.84. The Morgan fingerprint density at radius 3 is 2.50 bits per heavy atom. The van der Waals surface area contributed by atoms with E-state index in [2.05, 4.69) is 25.8 Å². The monoisotopic (exact) mass is 440 g/mol. The molecule has 2 aliphatic rings. The Hall–Kier alpha value is -0.600. The Bertz CT molecular complexity index is 527. The van der Waals surface area contributed by atoms with Crippen molar-refractivity contribution in [3.8, 4) is 0 Å². The van der Waals surface area contributed by atoms with Crippen molar-refractivity contribution in [3.05, 3.63) is 22.8 Å². The maximum atomic E-state index is 12.5. The average Bonchev–Trinajstić information content (AvgIpc) is 3.04. The van der Waals surface area contributed by atoms with Crippen molar-refractivity contribution in [1.82, 2.24) is 9.88 Å². The van der Waals surface area contributed by atoms with E-state index < -0.39 is 0 Å². The molecule has 2 saturated heterocycles. The fourth-order valence-electron chi connectivity index (χ4n) is 2.98. The number of rotatable bonds is 3. The number of halogens is 3. The average molecular weight is 442 g/mol. The summed E-state index contributed by atoms with van der Waals surface area (Å²) in [6.45, 7) is 3.51. The van der Waals surface area contributed by atoms with E-state index in [1.165, 1.54) is 0 Å². The number of nitrogens with two attached hydrogens (primary N) is 1. The van der Waals surface area contributed by atoms with Crippen molar-refractivity contribution in [2.75, 3.05) is 37.6 Å². The van der Waals surface area contributed by atoms with Gasteiger partial charge in [-0.1, -0.05) is 0 Å². The molecule has 2 aliphatic heterocycles. The molecule has 6 nitrogen and oxygen atoms in total. The summed E-state index contributed by atoms with van der Waals surface area (Å²) >= 11 is 3.39. The topological polar surface area (TPSA) is 71.7 Å². The van der Waals surface area contributed by atoms with Gasteiger partial charge in [0.05, 0.1) is 6.10 Å². The third-order valence-corrected chi connectivity index (χ3v) is 4.74. The first-order valence-electron chi connectivity index (χ1n) is 7.68. The largest absolute Gasteiger partial charge is 0.364 e. The summed E-state index contributed by atoms with van der Waals surface area (Å²) in [6.07, 6.45) is 3.21. The van der Waals surface area contributed by atoms with Gasteiger partial charge in [-0.3, -0.25) is 4.79 Å². The summed E-state index contributed by atoms with van der Waals surface area (Å²) in [7, 11) is 0. The number of hydrogen-bond acceptors (Lipinski definition) is 5. The zero-order valence-corrected chi connectivity index (χ0v) is 16.5. The van der Waals surface area contributed by atoms with Crippen LogP contribution in [0.3, 0.4) is 0 Å². The van der Waals surface area contributed by atoms with Gasteiger partial charge in [0.25, 0.3) is 5.91 Å². The molecule has 3 heterocycles. The normalized spacial score (nSPS) is 23.4. The summed E-state index contributed by atoms with van der Waals surface area (Å²) in [5.74, 6) is 1.06. The lowest BCUT2D eigenvalue weighted by Gasteiger charge is -2.36. The fraction of sp³-hybridized carbons (Fsp3) is 0.600. The first-order valence-corrected chi connectivity index (χ1v) is 8.47. The molecular formula is C15H23BrCl2N4O2. The molecule has 24 heavy (non-hydrogen) atoms. The highest BCUT2D eigenvalue weighted by Crippen LogP contribution is 2.22. The molecule has 3 rings (SSSR count). The highest BCUT2D eigenvalue weighted by atomic mass is 79.9. The van der Waals surface area contributed by atoms with E-state index in [0.717, 1.165) is 36.2 Å². The van der Waals surface area contributed by atoms with Gasteiger partial charge >= 0.3 is 0 Å². The van der Waals surface area contributed by atoms with E-state index in [9.17, 15) is 4.79 Å². The second kappa shape index (κ2) is 9.77. The van der Waals surface area contributed by atoms with Gasteiger partial charge in [0.2, 0.25) is 0 Å². The van der Waals surface area contributed by atoms with E-state index in [1.54, 1.807) is 6.20 Å². The lowest BCUT2D eigenvalue weighted by Crippen LogP contribution is -2.51. The molecule has 1 aromatic rings. The molecule has 0 aromatic carbocycles. The van der Waals surface area contributed by atoms with E-state index in [0.29, 0.717) is 19.6 Å².